The summed E-state index contributed by atoms with van der Waals surface area (Å²) in [6, 6.07) is 17.5. The molecule has 8 heterocycles. The van der Waals surface area contributed by atoms with Crippen LogP contribution in [0.15, 0.2) is 65.5 Å². The normalized spacial score (nSPS) is 20.5. The lowest BCUT2D eigenvalue weighted by atomic mass is 9.81. The summed E-state index contributed by atoms with van der Waals surface area (Å²) in [6.45, 7) is 12.9. The number of esters is 1. The number of ether oxygens (including phenoxy) is 3. The summed E-state index contributed by atoms with van der Waals surface area (Å²) in [6.07, 6.45) is 3.36. The lowest BCUT2D eigenvalue weighted by Gasteiger charge is -2.42. The Labute approximate surface area is 491 Å². The number of pyridine rings is 2. The molecule has 3 aromatic carbocycles. The number of fused-ring (bicyclic) bond motifs is 7. The van der Waals surface area contributed by atoms with Crippen LogP contribution in [0.3, 0.4) is 0 Å². The molecule has 2 saturated heterocycles. The van der Waals surface area contributed by atoms with Gasteiger partial charge in [0.05, 0.1) is 65.8 Å². The van der Waals surface area contributed by atoms with Gasteiger partial charge in [0, 0.05) is 97.0 Å². The number of anilines is 2. The van der Waals surface area contributed by atoms with E-state index in [0.717, 1.165) is 65.2 Å². The molecule has 5 aliphatic heterocycles. The molecule has 21 heteroatoms. The van der Waals surface area contributed by atoms with Gasteiger partial charge in [0.1, 0.15) is 31.5 Å². The number of aryl methyl sites for hydroxylation is 2. The van der Waals surface area contributed by atoms with Crippen molar-refractivity contribution in [3.8, 4) is 23.5 Å². The molecule has 4 unspecified atom stereocenters. The highest BCUT2D eigenvalue weighted by Gasteiger charge is 2.46. The first-order valence-corrected chi connectivity index (χ1v) is 29.5. The fraction of sp³-hybridized carbons (Fsp3) is 0.453. The maximum Gasteiger partial charge on any atom is 0.409 e. The highest BCUT2D eigenvalue weighted by atomic mass is 19.1. The van der Waals surface area contributed by atoms with Crippen molar-refractivity contribution in [1.82, 2.24) is 39.5 Å². The number of nitrogens with zero attached hydrogens (tertiary/aromatic N) is 10. The Morgan fingerprint density at radius 2 is 1.78 bits per heavy atom. The first kappa shape index (κ1) is 57.0. The van der Waals surface area contributed by atoms with Gasteiger partial charge < -0.3 is 53.7 Å². The largest absolute Gasteiger partial charge is 0.462 e. The van der Waals surface area contributed by atoms with Gasteiger partial charge in [0.2, 0.25) is 5.91 Å². The van der Waals surface area contributed by atoms with E-state index in [4.69, 9.17) is 29.2 Å². The third-order valence-electron chi connectivity index (χ3n) is 18.5. The van der Waals surface area contributed by atoms with Gasteiger partial charge in [-0.2, -0.15) is 15.2 Å². The Hall–Kier alpha value is -8.48. The molecule has 20 nitrogen and oxygen atoms in total. The molecule has 0 spiro atoms. The third kappa shape index (κ3) is 10.3. The summed E-state index contributed by atoms with van der Waals surface area (Å²) < 4.78 is 34.3. The molecule has 85 heavy (non-hydrogen) atoms. The minimum atomic E-state index is -2.03. The van der Waals surface area contributed by atoms with E-state index in [1.165, 1.54) is 31.9 Å². The Kier molecular flexibility index (Phi) is 15.3. The van der Waals surface area contributed by atoms with Crippen LogP contribution in [0, 0.1) is 31.0 Å². The number of likely N-dealkylation sites (tertiary alicyclic amines) is 1. The molecule has 4 atom stereocenters. The number of cyclic esters (lactones) is 1. The van der Waals surface area contributed by atoms with Crippen molar-refractivity contribution in [3.05, 3.63) is 127 Å². The number of carbonyl (C=O) groups excluding carboxylic acids is 4. The number of benzene rings is 3. The van der Waals surface area contributed by atoms with E-state index >= 15 is 4.39 Å². The number of hydrogen-bond donors (Lipinski definition) is 2. The van der Waals surface area contributed by atoms with Crippen LogP contribution < -0.4 is 25.4 Å². The van der Waals surface area contributed by atoms with E-state index in [1.807, 2.05) is 0 Å². The molecule has 2 fully saturated rings. The number of nitrogens with one attached hydrogen (secondary N) is 1. The molecule has 6 aromatic rings. The molecule has 0 saturated carbocycles. The molecule has 1 aliphatic carbocycles. The Balaban J connectivity index is 0.679. The number of aliphatic hydroxyl groups is 1. The van der Waals surface area contributed by atoms with E-state index in [0.29, 0.717) is 79.5 Å². The highest BCUT2D eigenvalue weighted by molar-refractivity contribution is 5.98. The smallest absolute Gasteiger partial charge is 0.409 e. The second-order valence-corrected chi connectivity index (χ2v) is 23.6. The van der Waals surface area contributed by atoms with Gasteiger partial charge >= 0.3 is 18.1 Å². The Bertz CT molecular complexity index is 3880. The van der Waals surface area contributed by atoms with Crippen LogP contribution in [0.5, 0.6) is 6.01 Å². The summed E-state index contributed by atoms with van der Waals surface area (Å²) in [5.41, 5.74) is 6.02. The van der Waals surface area contributed by atoms with Crippen LogP contribution in [0.4, 0.5) is 20.7 Å². The average molecular weight is 1160 g/mol. The van der Waals surface area contributed by atoms with Crippen LogP contribution in [0.25, 0.3) is 33.1 Å². The van der Waals surface area contributed by atoms with Crippen LogP contribution in [-0.2, 0) is 62.0 Å². The molecule has 3 aromatic heterocycles. The summed E-state index contributed by atoms with van der Waals surface area (Å²) in [5, 5.41) is 27.8. The zero-order chi connectivity index (χ0) is 59.6. The first-order valence-electron chi connectivity index (χ1n) is 29.5. The predicted molar refractivity (Wildman–Crippen MR) is 315 cm³/mol. The lowest BCUT2D eigenvalue weighted by Crippen LogP contribution is -2.56. The number of rotatable bonds is 15. The minimum absolute atomic E-state index is 0.0230. The molecule has 442 valence electrons. The van der Waals surface area contributed by atoms with E-state index in [1.54, 1.807) is 31.9 Å². The van der Waals surface area contributed by atoms with E-state index in [9.17, 15) is 34.3 Å². The van der Waals surface area contributed by atoms with Crippen molar-refractivity contribution in [2.75, 3.05) is 76.4 Å². The zero-order valence-electron chi connectivity index (χ0n) is 48.8. The lowest BCUT2D eigenvalue weighted by molar-refractivity contribution is -0.172. The van der Waals surface area contributed by atoms with Crippen molar-refractivity contribution in [2.24, 2.45) is 0 Å². The molecule has 6 aliphatic rings. The Morgan fingerprint density at radius 3 is 2.55 bits per heavy atom. The summed E-state index contributed by atoms with van der Waals surface area (Å²) in [7, 11) is 3.65. The Morgan fingerprint density at radius 1 is 0.965 bits per heavy atom. The molecule has 0 bridgehead atoms. The monoisotopic (exact) mass is 1160 g/mol. The second kappa shape index (κ2) is 22.8. The number of nitriles is 1. The fourth-order valence-corrected chi connectivity index (χ4v) is 13.7. The maximum absolute atomic E-state index is 15.5. The summed E-state index contributed by atoms with van der Waals surface area (Å²) >= 11 is 0. The quantitative estimate of drug-likeness (QED) is 0.0781. The van der Waals surface area contributed by atoms with Gasteiger partial charge in [0.25, 0.3) is 11.5 Å². The van der Waals surface area contributed by atoms with Crippen molar-refractivity contribution >= 4 is 57.1 Å². The topological polar surface area (TPSA) is 229 Å². The number of aromatic nitrogens is 4. The van der Waals surface area contributed by atoms with E-state index < -0.39 is 47.0 Å². The average Bonchev–Trinajstić information content (AvgIpc) is 1.96. The maximum atomic E-state index is 15.5. The molecular weight excluding hydrogens is 1090 g/mol. The van der Waals surface area contributed by atoms with Gasteiger partial charge in [-0.3, -0.25) is 14.4 Å². The summed E-state index contributed by atoms with van der Waals surface area (Å²) in [5.74, 6) is -1.23. The van der Waals surface area contributed by atoms with Gasteiger partial charge in [-0.15, -0.1) is 0 Å². The number of likely N-dealkylation sites (N-methyl/N-ethyl adjacent to an activating group) is 1. The summed E-state index contributed by atoms with van der Waals surface area (Å²) in [4.78, 5) is 93.1. The van der Waals surface area contributed by atoms with Gasteiger partial charge in [-0.1, -0.05) is 43.8 Å². The molecule has 12 rings (SSSR count). The van der Waals surface area contributed by atoms with Crippen LogP contribution in [0.1, 0.15) is 108 Å². The fourth-order valence-electron chi connectivity index (χ4n) is 13.7. The van der Waals surface area contributed by atoms with Gasteiger partial charge in [0.15, 0.2) is 5.60 Å². The molecule has 2 N–H and O–H groups in total. The first-order chi connectivity index (χ1) is 41.0. The predicted octanol–water partition coefficient (Wildman–Crippen LogP) is 6.95. The van der Waals surface area contributed by atoms with E-state index in [-0.39, 0.29) is 87.2 Å². The van der Waals surface area contributed by atoms with Crippen LogP contribution >= 0.6 is 0 Å². The number of halogens is 1. The van der Waals surface area contributed by atoms with Crippen LogP contribution in [-0.4, -0.2) is 142 Å². The number of amides is 3. The molecule has 3 amide bonds. The standard InChI is InChI=1S/C64H70FN11O9/c1-7-64(82)46-28-52-57-44(31-76(52)60(79)45(46)35-83-61(64)80)56-48(19-18-42-38(4)47(65)29-49(68-57)55(42)56)67-53(77)17-11-24-72(6)63(81)85-33-37(3)59(78)75-27-26-74(30-40(75)20-22-66)58-43-21-25-73(51-16-9-14-39-13-8-12-36(2)54(39)51)32-50(43)69-62(70-58)84-34-41-15-10-23-71(41)5/h8-9,12-14,16,28-29,40-41,48,82H,3,7,10-11,15,17-21,23-27,30-35H2,1-2,4-6H3,(H,67,77). The van der Waals surface area contributed by atoms with Crippen molar-refractivity contribution < 1.29 is 42.9 Å². The number of hydrogen-bond acceptors (Lipinski definition) is 16. The SMILES string of the molecule is C=C(COC(=O)N(C)CCCC(=O)NC1CCc2c(C)c(F)cc3nc4c(c1c23)Cn1c-4cc2c(c1=O)COC(=O)C2(O)CC)C(=O)N1CCN(c2nc(OCC3CCCN3C)nc3c2CCN(c2cccc4cccc(C)c24)C3)CC1CC#N. The molecule has 0 radical (unpaired) electrons. The number of piperazine rings is 1. The van der Waals surface area contributed by atoms with Crippen LogP contribution in [0.2, 0.25) is 0 Å². The van der Waals surface area contributed by atoms with Crippen molar-refractivity contribution in [3.63, 3.8) is 0 Å². The minimum Gasteiger partial charge on any atom is -0.462 e. The third-order valence-corrected chi connectivity index (χ3v) is 18.5. The van der Waals surface area contributed by atoms with E-state index in [2.05, 4.69) is 83.0 Å². The highest BCUT2D eigenvalue weighted by Crippen LogP contribution is 2.46. The van der Waals surface area contributed by atoms with Gasteiger partial charge in [-0.05, 0) is 112 Å². The zero-order valence-corrected chi connectivity index (χ0v) is 48.8. The van der Waals surface area contributed by atoms with Crippen molar-refractivity contribution in [2.45, 2.75) is 122 Å². The number of carbonyl (C=O) groups is 4. The van der Waals surface area contributed by atoms with Crippen molar-refractivity contribution in [1.29, 1.82) is 5.26 Å². The second-order valence-electron chi connectivity index (χ2n) is 23.6. The molecular formula is C64H70FN11O9. The van der Waals surface area contributed by atoms with Gasteiger partial charge in [-0.25, -0.2) is 19.0 Å².